The number of esters is 1. The van der Waals surface area contributed by atoms with Gasteiger partial charge in [-0.05, 0) is 13.3 Å². The van der Waals surface area contributed by atoms with Crippen LogP contribution in [0.1, 0.15) is 52.4 Å². The Kier molecular flexibility index (Phi) is 9.28. The Balaban J connectivity index is 3.82. The maximum absolute atomic E-state index is 11.5. The standard InChI is InChI=1S/C13H24O5/c1-4-5-6-7-8-9-11(14)18-10(2)12(17-3)13(15)16/h10,12H,4-9H2,1-3H3,(H,15,16). The van der Waals surface area contributed by atoms with Gasteiger partial charge < -0.3 is 14.6 Å². The third-order valence-corrected chi connectivity index (χ3v) is 2.73. The number of rotatable bonds is 10. The topological polar surface area (TPSA) is 72.8 Å². The second-order valence-electron chi connectivity index (χ2n) is 4.35. The molecular formula is C13H24O5. The predicted molar refractivity (Wildman–Crippen MR) is 67.4 cm³/mol. The fourth-order valence-electron chi connectivity index (χ4n) is 1.69. The van der Waals surface area contributed by atoms with Gasteiger partial charge in [-0.2, -0.15) is 0 Å². The van der Waals surface area contributed by atoms with Crippen LogP contribution in [0.25, 0.3) is 0 Å². The molecule has 0 aromatic rings. The van der Waals surface area contributed by atoms with Crippen LogP contribution >= 0.6 is 0 Å². The third kappa shape index (κ3) is 7.27. The van der Waals surface area contributed by atoms with Crippen molar-refractivity contribution in [1.82, 2.24) is 0 Å². The summed E-state index contributed by atoms with van der Waals surface area (Å²) in [6, 6.07) is 0. The Labute approximate surface area is 108 Å². The first kappa shape index (κ1) is 16.9. The highest BCUT2D eigenvalue weighted by Crippen LogP contribution is 2.09. The minimum Gasteiger partial charge on any atom is -0.479 e. The lowest BCUT2D eigenvalue weighted by Gasteiger charge is -2.19. The number of carbonyl (C=O) groups is 2. The van der Waals surface area contributed by atoms with Gasteiger partial charge in [-0.3, -0.25) is 4.79 Å². The average molecular weight is 260 g/mol. The fourth-order valence-corrected chi connectivity index (χ4v) is 1.69. The van der Waals surface area contributed by atoms with Crippen LogP contribution in [0.5, 0.6) is 0 Å². The number of hydrogen-bond acceptors (Lipinski definition) is 4. The Morgan fingerprint density at radius 2 is 1.78 bits per heavy atom. The molecule has 106 valence electrons. The average Bonchev–Trinajstić information content (AvgIpc) is 2.29. The first-order valence-corrected chi connectivity index (χ1v) is 6.48. The molecule has 0 aliphatic carbocycles. The molecule has 5 heteroatoms. The van der Waals surface area contributed by atoms with Crippen LogP contribution < -0.4 is 0 Å². The SMILES string of the molecule is CCCCCCCC(=O)OC(C)C(OC)C(=O)O. The van der Waals surface area contributed by atoms with Crippen LogP contribution in [-0.4, -0.2) is 36.4 Å². The molecule has 0 heterocycles. The lowest BCUT2D eigenvalue weighted by Crippen LogP contribution is -2.36. The van der Waals surface area contributed by atoms with Crippen LogP contribution in [0.3, 0.4) is 0 Å². The Bertz CT molecular complexity index is 252. The summed E-state index contributed by atoms with van der Waals surface area (Å²) in [6.45, 7) is 3.66. The summed E-state index contributed by atoms with van der Waals surface area (Å²) >= 11 is 0. The number of carboxylic acid groups (broad SMARTS) is 1. The zero-order valence-electron chi connectivity index (χ0n) is 11.5. The smallest absolute Gasteiger partial charge is 0.336 e. The summed E-state index contributed by atoms with van der Waals surface area (Å²) in [6.07, 6.45) is 3.72. The molecule has 0 aromatic carbocycles. The van der Waals surface area contributed by atoms with Gasteiger partial charge in [0.1, 0.15) is 6.10 Å². The van der Waals surface area contributed by atoms with Gasteiger partial charge in [0, 0.05) is 13.5 Å². The summed E-state index contributed by atoms with van der Waals surface area (Å²) < 4.78 is 9.78. The van der Waals surface area contributed by atoms with Crippen LogP contribution in [-0.2, 0) is 19.1 Å². The van der Waals surface area contributed by atoms with Crippen molar-refractivity contribution >= 4 is 11.9 Å². The maximum atomic E-state index is 11.5. The molecule has 0 aromatic heterocycles. The zero-order chi connectivity index (χ0) is 14.0. The van der Waals surface area contributed by atoms with Crippen LogP contribution in [0.2, 0.25) is 0 Å². The summed E-state index contributed by atoms with van der Waals surface area (Å²) in [5.41, 5.74) is 0. The van der Waals surface area contributed by atoms with Crippen molar-refractivity contribution in [2.75, 3.05) is 7.11 Å². The molecule has 0 bridgehead atoms. The van der Waals surface area contributed by atoms with Gasteiger partial charge in [-0.1, -0.05) is 32.6 Å². The molecule has 0 amide bonds. The summed E-state index contributed by atoms with van der Waals surface area (Å²) in [5, 5.41) is 8.81. The molecule has 0 spiro atoms. The van der Waals surface area contributed by atoms with Crippen molar-refractivity contribution in [3.05, 3.63) is 0 Å². The second kappa shape index (κ2) is 9.88. The highest BCUT2D eigenvalue weighted by Gasteiger charge is 2.27. The molecule has 2 atom stereocenters. The number of carboxylic acids is 1. The molecule has 5 nitrogen and oxygen atoms in total. The number of unbranched alkanes of at least 4 members (excludes halogenated alkanes) is 4. The van der Waals surface area contributed by atoms with E-state index in [1.54, 1.807) is 0 Å². The number of hydrogen-bond donors (Lipinski definition) is 1. The highest BCUT2D eigenvalue weighted by atomic mass is 16.6. The van der Waals surface area contributed by atoms with E-state index in [0.29, 0.717) is 6.42 Å². The van der Waals surface area contributed by atoms with E-state index >= 15 is 0 Å². The molecule has 18 heavy (non-hydrogen) atoms. The highest BCUT2D eigenvalue weighted by molar-refractivity contribution is 5.74. The van der Waals surface area contributed by atoms with E-state index in [1.165, 1.54) is 20.5 Å². The molecule has 1 N–H and O–H groups in total. The van der Waals surface area contributed by atoms with E-state index < -0.39 is 18.2 Å². The zero-order valence-corrected chi connectivity index (χ0v) is 11.5. The predicted octanol–water partition coefficient (Wildman–Crippen LogP) is 2.38. The van der Waals surface area contributed by atoms with Gasteiger partial charge in [0.2, 0.25) is 0 Å². The monoisotopic (exact) mass is 260 g/mol. The maximum Gasteiger partial charge on any atom is 0.336 e. The van der Waals surface area contributed by atoms with Crippen molar-refractivity contribution in [2.45, 2.75) is 64.6 Å². The van der Waals surface area contributed by atoms with Crippen molar-refractivity contribution in [2.24, 2.45) is 0 Å². The van der Waals surface area contributed by atoms with Crippen molar-refractivity contribution in [1.29, 1.82) is 0 Å². The molecule has 0 aliphatic rings. The molecule has 0 saturated heterocycles. The molecule has 2 unspecified atom stereocenters. The van der Waals surface area contributed by atoms with Gasteiger partial charge >= 0.3 is 11.9 Å². The van der Waals surface area contributed by atoms with E-state index in [1.807, 2.05) is 0 Å². The molecule has 0 rings (SSSR count). The normalized spacial score (nSPS) is 13.9. The molecular weight excluding hydrogens is 236 g/mol. The van der Waals surface area contributed by atoms with E-state index in [9.17, 15) is 9.59 Å². The van der Waals surface area contributed by atoms with Crippen LogP contribution in [0, 0.1) is 0 Å². The van der Waals surface area contributed by atoms with Gasteiger partial charge in [0.05, 0.1) is 0 Å². The number of carbonyl (C=O) groups excluding carboxylic acids is 1. The first-order chi connectivity index (χ1) is 8.52. The van der Waals surface area contributed by atoms with E-state index in [-0.39, 0.29) is 5.97 Å². The lowest BCUT2D eigenvalue weighted by atomic mass is 10.1. The molecule has 0 radical (unpaired) electrons. The van der Waals surface area contributed by atoms with Crippen molar-refractivity contribution in [3.8, 4) is 0 Å². The van der Waals surface area contributed by atoms with E-state index in [0.717, 1.165) is 25.7 Å². The van der Waals surface area contributed by atoms with E-state index in [2.05, 4.69) is 6.92 Å². The fraction of sp³-hybridized carbons (Fsp3) is 0.846. The number of ether oxygens (including phenoxy) is 2. The van der Waals surface area contributed by atoms with Crippen molar-refractivity contribution in [3.63, 3.8) is 0 Å². The summed E-state index contributed by atoms with van der Waals surface area (Å²) in [4.78, 5) is 22.2. The van der Waals surface area contributed by atoms with Gasteiger partial charge in [-0.15, -0.1) is 0 Å². The first-order valence-electron chi connectivity index (χ1n) is 6.48. The minimum absolute atomic E-state index is 0.337. The molecule has 0 aliphatic heterocycles. The minimum atomic E-state index is -1.12. The van der Waals surface area contributed by atoms with Crippen LogP contribution in [0.15, 0.2) is 0 Å². The Morgan fingerprint density at radius 3 is 2.28 bits per heavy atom. The van der Waals surface area contributed by atoms with Gasteiger partial charge in [0.15, 0.2) is 6.10 Å². The van der Waals surface area contributed by atoms with E-state index in [4.69, 9.17) is 14.6 Å². The Morgan fingerprint density at radius 1 is 1.17 bits per heavy atom. The van der Waals surface area contributed by atoms with Gasteiger partial charge in [0.25, 0.3) is 0 Å². The largest absolute Gasteiger partial charge is 0.479 e. The summed E-state index contributed by atoms with van der Waals surface area (Å²) in [5.74, 6) is -1.48. The second-order valence-corrected chi connectivity index (χ2v) is 4.35. The van der Waals surface area contributed by atoms with Gasteiger partial charge in [-0.25, -0.2) is 4.79 Å². The quantitative estimate of drug-likeness (QED) is 0.482. The lowest BCUT2D eigenvalue weighted by molar-refractivity contribution is -0.166. The Hall–Kier alpha value is -1.10. The molecule has 0 saturated carbocycles. The number of methoxy groups -OCH3 is 1. The third-order valence-electron chi connectivity index (χ3n) is 2.73. The molecule has 0 fully saturated rings. The summed E-state index contributed by atoms with van der Waals surface area (Å²) in [7, 11) is 1.29. The van der Waals surface area contributed by atoms with Crippen molar-refractivity contribution < 1.29 is 24.2 Å². The number of aliphatic carboxylic acids is 1. The van der Waals surface area contributed by atoms with Crippen LogP contribution in [0.4, 0.5) is 0 Å².